The molecule has 0 aromatic heterocycles. The summed E-state index contributed by atoms with van der Waals surface area (Å²) in [4.78, 5) is 11.5. The Kier molecular flexibility index (Phi) is 21.2. The van der Waals surface area contributed by atoms with Gasteiger partial charge in [0, 0.05) is 19.6 Å². The Morgan fingerprint density at radius 1 is 0.667 bits per heavy atom. The molecule has 0 spiro atoms. The molecule has 27 heavy (non-hydrogen) atoms. The summed E-state index contributed by atoms with van der Waals surface area (Å²) in [6.07, 6.45) is 15.6. The Morgan fingerprint density at radius 3 is 1.74 bits per heavy atom. The van der Waals surface area contributed by atoms with Crippen LogP contribution in [0.4, 0.5) is 0 Å². The Labute approximate surface area is 168 Å². The first kappa shape index (κ1) is 26.4. The van der Waals surface area contributed by atoms with Crippen LogP contribution in [0.15, 0.2) is 0 Å². The van der Waals surface area contributed by atoms with Gasteiger partial charge in [0.2, 0.25) is 0 Å². The van der Waals surface area contributed by atoms with Crippen LogP contribution in [0.5, 0.6) is 0 Å². The molecule has 4 nitrogen and oxygen atoms in total. The third-order valence-electron chi connectivity index (χ3n) is 4.64. The first-order valence-corrected chi connectivity index (χ1v) is 11.5. The van der Waals surface area contributed by atoms with Gasteiger partial charge in [0.15, 0.2) is 0 Å². The average molecular weight is 387 g/mol. The Morgan fingerprint density at radius 2 is 1.19 bits per heavy atom. The minimum Gasteiger partial charge on any atom is -0.466 e. The van der Waals surface area contributed by atoms with Crippen molar-refractivity contribution < 1.29 is 19.0 Å². The maximum atomic E-state index is 11.5. The van der Waals surface area contributed by atoms with Gasteiger partial charge in [-0.1, -0.05) is 78.6 Å². The van der Waals surface area contributed by atoms with Crippen molar-refractivity contribution in [3.63, 3.8) is 0 Å². The predicted octanol–water partition coefficient (Wildman–Crippen LogP) is 6.31. The third kappa shape index (κ3) is 23.4. The van der Waals surface area contributed by atoms with Gasteiger partial charge in [-0.25, -0.2) is 0 Å². The third-order valence-corrected chi connectivity index (χ3v) is 4.64. The smallest absolute Gasteiger partial charge is 0.305 e. The van der Waals surface area contributed by atoms with E-state index in [1.54, 1.807) is 0 Å². The second-order valence-electron chi connectivity index (χ2n) is 7.91. The van der Waals surface area contributed by atoms with Crippen molar-refractivity contribution in [2.75, 3.05) is 33.0 Å². The molecule has 0 fully saturated rings. The molecule has 0 aliphatic heterocycles. The number of hydrogen-bond acceptors (Lipinski definition) is 4. The lowest BCUT2D eigenvalue weighted by Crippen LogP contribution is -2.10. The van der Waals surface area contributed by atoms with Gasteiger partial charge >= 0.3 is 5.97 Å². The topological polar surface area (TPSA) is 44.8 Å². The fourth-order valence-electron chi connectivity index (χ4n) is 2.81. The lowest BCUT2D eigenvalue weighted by Gasteiger charge is -2.07. The molecule has 0 radical (unpaired) electrons. The molecule has 0 saturated carbocycles. The van der Waals surface area contributed by atoms with E-state index in [0.717, 1.165) is 25.9 Å². The van der Waals surface area contributed by atoms with E-state index in [1.165, 1.54) is 57.8 Å². The van der Waals surface area contributed by atoms with Crippen molar-refractivity contribution in [3.8, 4) is 0 Å². The minimum atomic E-state index is -0.114. The predicted molar refractivity (Wildman–Crippen MR) is 113 cm³/mol. The molecule has 0 aromatic rings. The van der Waals surface area contributed by atoms with Crippen molar-refractivity contribution in [1.29, 1.82) is 0 Å². The van der Waals surface area contributed by atoms with E-state index in [0.29, 0.717) is 38.8 Å². The molecule has 4 heteroatoms. The molecule has 0 N–H and O–H groups in total. The monoisotopic (exact) mass is 386 g/mol. The molecule has 0 heterocycles. The van der Waals surface area contributed by atoms with Crippen LogP contribution in [0.25, 0.3) is 0 Å². The molecule has 0 unspecified atom stereocenters. The first-order valence-electron chi connectivity index (χ1n) is 11.5. The summed E-state index contributed by atoms with van der Waals surface area (Å²) in [7, 11) is 0. The number of rotatable bonds is 21. The van der Waals surface area contributed by atoms with Gasteiger partial charge in [0.1, 0.15) is 0 Å². The average Bonchev–Trinajstić information content (AvgIpc) is 2.64. The molecule has 0 atom stereocenters. The fraction of sp³-hybridized carbons (Fsp3) is 0.957. The molecule has 0 bridgehead atoms. The highest BCUT2D eigenvalue weighted by Crippen LogP contribution is 2.10. The van der Waals surface area contributed by atoms with Gasteiger partial charge in [0.25, 0.3) is 0 Å². The second-order valence-corrected chi connectivity index (χ2v) is 7.91. The standard InChI is InChI=1S/C23H46O4/c1-4-5-6-7-8-9-10-11-12-13-17-25-20-21-26-18-14-15-23(24)27-19-16-22(2)3/h22H,4-21H2,1-3H3. The Hall–Kier alpha value is -0.610. The molecule has 0 aliphatic rings. The number of unbranched alkanes of at least 4 members (excludes halogenated alkanes) is 9. The largest absolute Gasteiger partial charge is 0.466 e. The van der Waals surface area contributed by atoms with Crippen LogP contribution in [0.1, 0.15) is 104 Å². The summed E-state index contributed by atoms with van der Waals surface area (Å²) in [5.74, 6) is 0.456. The van der Waals surface area contributed by atoms with Crippen LogP contribution in [0.3, 0.4) is 0 Å². The van der Waals surface area contributed by atoms with E-state index >= 15 is 0 Å². The highest BCUT2D eigenvalue weighted by atomic mass is 16.5. The Bertz CT molecular complexity index is 305. The number of carbonyl (C=O) groups is 1. The molecular formula is C23H46O4. The van der Waals surface area contributed by atoms with Gasteiger partial charge < -0.3 is 14.2 Å². The van der Waals surface area contributed by atoms with Gasteiger partial charge in [-0.05, 0) is 25.2 Å². The van der Waals surface area contributed by atoms with E-state index in [9.17, 15) is 4.79 Å². The van der Waals surface area contributed by atoms with Crippen LogP contribution in [-0.4, -0.2) is 39.0 Å². The number of ether oxygens (including phenoxy) is 3. The maximum Gasteiger partial charge on any atom is 0.305 e. The molecule has 0 saturated heterocycles. The SMILES string of the molecule is CCCCCCCCCCCCOCCOCCCC(=O)OCCC(C)C. The van der Waals surface area contributed by atoms with Crippen LogP contribution >= 0.6 is 0 Å². The first-order chi connectivity index (χ1) is 13.2. The Balaban J connectivity index is 3.09. The van der Waals surface area contributed by atoms with Crippen molar-refractivity contribution in [2.24, 2.45) is 5.92 Å². The van der Waals surface area contributed by atoms with Gasteiger partial charge in [-0.15, -0.1) is 0 Å². The van der Waals surface area contributed by atoms with Gasteiger partial charge in [-0.2, -0.15) is 0 Å². The van der Waals surface area contributed by atoms with E-state index < -0.39 is 0 Å². The zero-order valence-electron chi connectivity index (χ0n) is 18.4. The van der Waals surface area contributed by atoms with E-state index in [2.05, 4.69) is 20.8 Å². The zero-order chi connectivity index (χ0) is 20.0. The normalized spacial score (nSPS) is 11.3. The molecule has 162 valence electrons. The number of esters is 1. The van der Waals surface area contributed by atoms with Gasteiger partial charge in [-0.3, -0.25) is 4.79 Å². The summed E-state index contributed by atoms with van der Waals surface area (Å²) in [5, 5.41) is 0. The number of carbonyl (C=O) groups excluding carboxylic acids is 1. The van der Waals surface area contributed by atoms with Crippen molar-refractivity contribution in [2.45, 2.75) is 104 Å². The lowest BCUT2D eigenvalue weighted by atomic mass is 10.1. The zero-order valence-corrected chi connectivity index (χ0v) is 18.4. The van der Waals surface area contributed by atoms with Crippen molar-refractivity contribution >= 4 is 5.97 Å². The summed E-state index contributed by atoms with van der Waals surface area (Å²) in [6.45, 7) is 9.74. The fourth-order valence-corrected chi connectivity index (χ4v) is 2.81. The van der Waals surface area contributed by atoms with Crippen molar-refractivity contribution in [3.05, 3.63) is 0 Å². The van der Waals surface area contributed by atoms with Crippen LogP contribution in [0.2, 0.25) is 0 Å². The van der Waals surface area contributed by atoms with E-state index in [4.69, 9.17) is 14.2 Å². The highest BCUT2D eigenvalue weighted by molar-refractivity contribution is 5.69. The summed E-state index contributed by atoms with van der Waals surface area (Å²) in [5.41, 5.74) is 0. The van der Waals surface area contributed by atoms with E-state index in [1.807, 2.05) is 0 Å². The molecule has 0 aromatic carbocycles. The number of hydrogen-bond donors (Lipinski definition) is 0. The quantitative estimate of drug-likeness (QED) is 0.171. The van der Waals surface area contributed by atoms with E-state index in [-0.39, 0.29) is 5.97 Å². The molecule has 0 amide bonds. The lowest BCUT2D eigenvalue weighted by molar-refractivity contribution is -0.144. The summed E-state index contributed by atoms with van der Waals surface area (Å²) < 4.78 is 16.2. The molecular weight excluding hydrogens is 340 g/mol. The maximum absolute atomic E-state index is 11.5. The van der Waals surface area contributed by atoms with Crippen LogP contribution in [0, 0.1) is 5.92 Å². The summed E-state index contributed by atoms with van der Waals surface area (Å²) >= 11 is 0. The minimum absolute atomic E-state index is 0.114. The molecule has 0 rings (SSSR count). The summed E-state index contributed by atoms with van der Waals surface area (Å²) in [6, 6.07) is 0. The highest BCUT2D eigenvalue weighted by Gasteiger charge is 2.03. The van der Waals surface area contributed by atoms with Crippen LogP contribution in [-0.2, 0) is 19.0 Å². The van der Waals surface area contributed by atoms with Gasteiger partial charge in [0.05, 0.1) is 19.8 Å². The van der Waals surface area contributed by atoms with Crippen LogP contribution < -0.4 is 0 Å². The second kappa shape index (κ2) is 21.7. The van der Waals surface area contributed by atoms with Crippen molar-refractivity contribution in [1.82, 2.24) is 0 Å². The molecule has 0 aliphatic carbocycles.